The zero-order valence-corrected chi connectivity index (χ0v) is 10.4. The van der Waals surface area contributed by atoms with E-state index in [0.717, 1.165) is 30.6 Å². The van der Waals surface area contributed by atoms with Gasteiger partial charge < -0.3 is 10.6 Å². The van der Waals surface area contributed by atoms with Gasteiger partial charge in [-0.25, -0.2) is 10.2 Å². The van der Waals surface area contributed by atoms with Crippen molar-refractivity contribution in [3.05, 3.63) is 23.3 Å². The molecule has 1 aliphatic rings. The SMILES string of the molecule is CN1CCc2ccc(N=C(N)Cl)c([NH2+]O)c2C1. The summed E-state index contributed by atoms with van der Waals surface area (Å²) in [5.41, 5.74) is 10.1. The van der Waals surface area contributed by atoms with Gasteiger partial charge in [-0.1, -0.05) is 6.07 Å². The van der Waals surface area contributed by atoms with Crippen LogP contribution in [0.25, 0.3) is 0 Å². The van der Waals surface area contributed by atoms with Crippen molar-refractivity contribution in [2.45, 2.75) is 13.0 Å². The van der Waals surface area contributed by atoms with Gasteiger partial charge >= 0.3 is 0 Å². The molecular formula is C11H16ClN4O+. The van der Waals surface area contributed by atoms with E-state index in [-0.39, 0.29) is 5.29 Å². The van der Waals surface area contributed by atoms with Crippen molar-refractivity contribution < 1.29 is 10.7 Å². The second-order valence-electron chi connectivity index (χ2n) is 4.19. The molecule has 0 aliphatic carbocycles. The lowest BCUT2D eigenvalue weighted by Gasteiger charge is -2.25. The Morgan fingerprint density at radius 1 is 1.59 bits per heavy atom. The van der Waals surface area contributed by atoms with Crippen molar-refractivity contribution in [3.8, 4) is 0 Å². The number of amidine groups is 1. The van der Waals surface area contributed by atoms with Crippen LogP contribution in [0.4, 0.5) is 11.4 Å². The minimum Gasteiger partial charge on any atom is -0.374 e. The molecule has 0 spiro atoms. The first kappa shape index (κ1) is 12.3. The van der Waals surface area contributed by atoms with Crippen LogP contribution in [0.1, 0.15) is 11.1 Å². The molecule has 1 aromatic rings. The molecule has 0 unspecified atom stereocenters. The van der Waals surface area contributed by atoms with Gasteiger partial charge in [-0.15, -0.1) is 0 Å². The summed E-state index contributed by atoms with van der Waals surface area (Å²) in [5, 5.41) is 9.35. The van der Waals surface area contributed by atoms with Crippen molar-refractivity contribution in [2.24, 2.45) is 10.7 Å². The number of likely N-dealkylation sites (N-methyl/N-ethyl adjacent to an activating group) is 1. The Labute approximate surface area is 105 Å². The fourth-order valence-corrected chi connectivity index (χ4v) is 2.23. The molecule has 1 heterocycles. The normalized spacial score (nSPS) is 17.0. The molecular weight excluding hydrogens is 240 g/mol. The summed E-state index contributed by atoms with van der Waals surface area (Å²) in [6, 6.07) is 3.86. The molecule has 0 saturated heterocycles. The number of aliphatic imine (C=N–C) groups is 1. The summed E-state index contributed by atoms with van der Waals surface area (Å²) < 4.78 is 0. The molecule has 0 amide bonds. The predicted octanol–water partition coefficient (Wildman–Crippen LogP) is 0.444. The number of benzene rings is 1. The van der Waals surface area contributed by atoms with E-state index in [4.69, 9.17) is 17.3 Å². The molecule has 0 bridgehead atoms. The molecule has 0 saturated carbocycles. The van der Waals surface area contributed by atoms with Crippen molar-refractivity contribution >= 4 is 28.3 Å². The lowest BCUT2D eigenvalue weighted by atomic mass is 9.97. The number of quaternary nitrogens is 1. The fraction of sp³-hybridized carbons (Fsp3) is 0.364. The third-order valence-corrected chi connectivity index (χ3v) is 3.06. The van der Waals surface area contributed by atoms with E-state index < -0.39 is 0 Å². The number of hydrogen-bond donors (Lipinski definition) is 3. The quantitative estimate of drug-likeness (QED) is 0.236. The van der Waals surface area contributed by atoms with Crippen LogP contribution in [0, 0.1) is 0 Å². The Morgan fingerprint density at radius 3 is 3.00 bits per heavy atom. The molecule has 2 rings (SSSR count). The molecule has 92 valence electrons. The standard InChI is InChI=1S/C11H15ClN4O/c1-16-5-4-7-2-3-9(14-11(12)13)10(15-17)8(7)6-16/h2-3,15,17H,4-6H2,1H3,(H2,13,14)/p+1. The molecule has 0 radical (unpaired) electrons. The maximum absolute atomic E-state index is 9.38. The first-order valence-corrected chi connectivity index (χ1v) is 5.80. The highest BCUT2D eigenvalue weighted by Crippen LogP contribution is 2.31. The van der Waals surface area contributed by atoms with Crippen LogP contribution in [0.2, 0.25) is 0 Å². The van der Waals surface area contributed by atoms with E-state index in [1.807, 2.05) is 12.1 Å². The molecule has 0 atom stereocenters. The Balaban J connectivity index is 2.51. The van der Waals surface area contributed by atoms with E-state index in [0.29, 0.717) is 11.4 Å². The smallest absolute Gasteiger partial charge is 0.194 e. The summed E-state index contributed by atoms with van der Waals surface area (Å²) in [4.78, 5) is 6.21. The van der Waals surface area contributed by atoms with Crippen LogP contribution in [0.15, 0.2) is 17.1 Å². The number of fused-ring (bicyclic) bond motifs is 1. The van der Waals surface area contributed by atoms with E-state index in [1.54, 1.807) is 0 Å². The van der Waals surface area contributed by atoms with Crippen molar-refractivity contribution in [3.63, 3.8) is 0 Å². The van der Waals surface area contributed by atoms with Crippen LogP contribution in [-0.2, 0) is 13.0 Å². The highest BCUT2D eigenvalue weighted by atomic mass is 35.5. The van der Waals surface area contributed by atoms with Gasteiger partial charge in [0.05, 0.1) is 0 Å². The van der Waals surface area contributed by atoms with E-state index in [9.17, 15) is 5.21 Å². The maximum atomic E-state index is 9.38. The third kappa shape index (κ3) is 2.58. The number of rotatable bonds is 2. The Morgan fingerprint density at radius 2 is 2.35 bits per heavy atom. The van der Waals surface area contributed by atoms with Crippen LogP contribution in [0.5, 0.6) is 0 Å². The zero-order chi connectivity index (χ0) is 12.4. The van der Waals surface area contributed by atoms with Gasteiger partial charge in [0.15, 0.2) is 11.0 Å². The van der Waals surface area contributed by atoms with Crippen LogP contribution < -0.4 is 11.2 Å². The average molecular weight is 256 g/mol. The first-order chi connectivity index (χ1) is 8.11. The van der Waals surface area contributed by atoms with Gasteiger partial charge in [0.1, 0.15) is 5.69 Å². The highest BCUT2D eigenvalue weighted by Gasteiger charge is 2.21. The maximum Gasteiger partial charge on any atom is 0.194 e. The van der Waals surface area contributed by atoms with Crippen LogP contribution in [-0.4, -0.2) is 29.0 Å². The largest absolute Gasteiger partial charge is 0.374 e. The van der Waals surface area contributed by atoms with E-state index >= 15 is 0 Å². The number of nitrogens with zero attached hydrogens (tertiary/aromatic N) is 2. The van der Waals surface area contributed by atoms with Gasteiger partial charge in [0, 0.05) is 18.7 Å². The van der Waals surface area contributed by atoms with Gasteiger partial charge in [0.25, 0.3) is 0 Å². The summed E-state index contributed by atoms with van der Waals surface area (Å²) in [6.07, 6.45) is 0.979. The Bertz CT molecular complexity index is 457. The van der Waals surface area contributed by atoms with Crippen LogP contribution >= 0.6 is 11.6 Å². The molecule has 0 aromatic heterocycles. The molecule has 17 heavy (non-hydrogen) atoms. The van der Waals surface area contributed by atoms with Gasteiger partial charge in [0.2, 0.25) is 0 Å². The molecule has 1 aliphatic heterocycles. The van der Waals surface area contributed by atoms with Crippen molar-refractivity contribution in [2.75, 3.05) is 13.6 Å². The molecule has 5 nitrogen and oxygen atoms in total. The van der Waals surface area contributed by atoms with E-state index in [1.165, 1.54) is 5.56 Å². The fourth-order valence-electron chi connectivity index (χ4n) is 2.14. The van der Waals surface area contributed by atoms with Crippen molar-refractivity contribution in [1.82, 2.24) is 4.90 Å². The highest BCUT2D eigenvalue weighted by molar-refractivity contribution is 6.64. The summed E-state index contributed by atoms with van der Waals surface area (Å²) >= 11 is 5.57. The molecule has 5 N–H and O–H groups in total. The lowest BCUT2D eigenvalue weighted by Crippen LogP contribution is -2.74. The summed E-state index contributed by atoms with van der Waals surface area (Å²) in [6.45, 7) is 1.82. The minimum absolute atomic E-state index is 0.0304. The predicted molar refractivity (Wildman–Crippen MR) is 67.0 cm³/mol. The monoisotopic (exact) mass is 255 g/mol. The van der Waals surface area contributed by atoms with Gasteiger partial charge in [-0.05, 0) is 36.7 Å². The third-order valence-electron chi connectivity index (χ3n) is 2.98. The van der Waals surface area contributed by atoms with Gasteiger partial charge in [-0.2, -0.15) is 5.48 Å². The Kier molecular flexibility index (Phi) is 3.63. The number of halogens is 1. The van der Waals surface area contributed by atoms with Gasteiger partial charge in [-0.3, -0.25) is 0 Å². The summed E-state index contributed by atoms with van der Waals surface area (Å²) in [5.74, 6) is 0. The number of nitrogens with two attached hydrogens (primary N) is 2. The lowest BCUT2D eigenvalue weighted by molar-refractivity contribution is -0.825. The first-order valence-electron chi connectivity index (χ1n) is 5.42. The summed E-state index contributed by atoms with van der Waals surface area (Å²) in [7, 11) is 2.05. The average Bonchev–Trinajstić information content (AvgIpc) is 2.28. The van der Waals surface area contributed by atoms with E-state index in [2.05, 4.69) is 16.9 Å². The molecule has 1 aromatic carbocycles. The number of hydrogen-bond acceptors (Lipinski definition) is 3. The minimum atomic E-state index is -0.0304. The molecule has 6 heteroatoms. The second kappa shape index (κ2) is 5.01. The molecule has 0 fully saturated rings. The topological polar surface area (TPSA) is 78.5 Å². The van der Waals surface area contributed by atoms with Crippen molar-refractivity contribution in [1.29, 1.82) is 0 Å². The zero-order valence-electron chi connectivity index (χ0n) is 9.65. The Hall–Kier alpha value is -1.14. The van der Waals surface area contributed by atoms with Crippen LogP contribution in [0.3, 0.4) is 0 Å². The second-order valence-corrected chi connectivity index (χ2v) is 4.57.